The predicted octanol–water partition coefficient (Wildman–Crippen LogP) is 3.04. The van der Waals surface area contributed by atoms with Crippen molar-refractivity contribution in [1.82, 2.24) is 14.8 Å². The minimum absolute atomic E-state index is 0.119. The lowest BCUT2D eigenvalue weighted by Crippen LogP contribution is -2.17. The summed E-state index contributed by atoms with van der Waals surface area (Å²) < 4.78 is 2.00. The van der Waals surface area contributed by atoms with Gasteiger partial charge in [-0.2, -0.15) is 5.26 Å². The van der Waals surface area contributed by atoms with E-state index in [-0.39, 0.29) is 5.78 Å². The van der Waals surface area contributed by atoms with Crippen molar-refractivity contribution < 1.29 is 4.79 Å². The molecule has 3 heterocycles. The number of hydrogen-bond acceptors (Lipinski definition) is 5. The first-order chi connectivity index (χ1) is 11.3. The molecular weight excluding hydrogens is 308 g/mol. The number of nitriles is 1. The molecule has 2 aromatic heterocycles. The second-order valence-corrected chi connectivity index (χ2v) is 7.41. The maximum absolute atomic E-state index is 12.9. The molecule has 0 radical (unpaired) electrons. The molecule has 2 aromatic rings. The van der Waals surface area contributed by atoms with Gasteiger partial charge in [-0.25, -0.2) is 0 Å². The van der Waals surface area contributed by atoms with Crippen LogP contribution in [0.25, 0.3) is 0 Å². The molecule has 0 spiro atoms. The molecule has 118 valence electrons. The van der Waals surface area contributed by atoms with Crippen molar-refractivity contribution in [2.24, 2.45) is 0 Å². The lowest BCUT2D eigenvalue weighted by molar-refractivity contribution is 0.0978. The molecule has 1 aliphatic heterocycles. The van der Waals surface area contributed by atoms with E-state index >= 15 is 0 Å². The number of aromatic nitrogens is 3. The Kier molecular flexibility index (Phi) is 3.74. The third kappa shape index (κ3) is 2.49. The van der Waals surface area contributed by atoms with Crippen molar-refractivity contribution in [3.8, 4) is 6.07 Å². The van der Waals surface area contributed by atoms with E-state index in [4.69, 9.17) is 0 Å². The molecule has 4 rings (SSSR count). The number of carbonyl (C=O) groups excluding carboxylic acids is 1. The summed E-state index contributed by atoms with van der Waals surface area (Å²) in [7, 11) is 0. The number of aryl methyl sites for hydroxylation is 3. The maximum Gasteiger partial charge on any atom is 0.197 e. The maximum atomic E-state index is 12.9. The molecule has 1 aliphatic carbocycles. The van der Waals surface area contributed by atoms with Crippen LogP contribution in [0.1, 0.15) is 63.4 Å². The molecule has 0 amide bonds. The van der Waals surface area contributed by atoms with Gasteiger partial charge in [0.05, 0.1) is 10.9 Å². The van der Waals surface area contributed by atoms with Gasteiger partial charge in [-0.05, 0) is 43.7 Å². The van der Waals surface area contributed by atoms with Crippen LogP contribution in [0.15, 0.2) is 6.07 Å². The number of hydrogen-bond donors (Lipinski definition) is 0. The fraction of sp³-hybridized carbons (Fsp3) is 0.529. The van der Waals surface area contributed by atoms with E-state index in [1.54, 1.807) is 11.3 Å². The Labute approximate surface area is 139 Å². The third-order valence-corrected chi connectivity index (χ3v) is 6.03. The number of Topliss-reactive ketones (excluding diaryl/α,β-unsaturated/α-hetero) is 1. The minimum Gasteiger partial charge on any atom is -0.313 e. The van der Waals surface area contributed by atoms with E-state index in [1.165, 1.54) is 16.9 Å². The molecule has 0 N–H and O–H groups in total. The van der Waals surface area contributed by atoms with E-state index in [1.807, 2.05) is 10.6 Å². The summed E-state index contributed by atoms with van der Waals surface area (Å²) >= 11 is 1.55. The van der Waals surface area contributed by atoms with Gasteiger partial charge in [0.15, 0.2) is 17.5 Å². The number of carbonyl (C=O) groups is 1. The molecule has 1 atom stereocenters. The Morgan fingerprint density at radius 3 is 2.96 bits per heavy atom. The van der Waals surface area contributed by atoms with E-state index < -0.39 is 5.92 Å². The average molecular weight is 326 g/mol. The van der Waals surface area contributed by atoms with Crippen molar-refractivity contribution in [2.75, 3.05) is 0 Å². The first-order valence-corrected chi connectivity index (χ1v) is 9.07. The van der Waals surface area contributed by atoms with Crippen LogP contribution in [0.4, 0.5) is 0 Å². The summed E-state index contributed by atoms with van der Waals surface area (Å²) in [6.07, 6.45) is 7.48. The first-order valence-electron chi connectivity index (χ1n) is 8.25. The molecule has 1 unspecified atom stereocenters. The van der Waals surface area contributed by atoms with Crippen LogP contribution in [0.2, 0.25) is 0 Å². The summed E-state index contributed by atoms with van der Waals surface area (Å²) in [5, 5.41) is 18.0. The highest BCUT2D eigenvalue weighted by atomic mass is 32.1. The highest BCUT2D eigenvalue weighted by Crippen LogP contribution is 2.33. The zero-order valence-electron chi connectivity index (χ0n) is 12.9. The second-order valence-electron chi connectivity index (χ2n) is 6.28. The van der Waals surface area contributed by atoms with Crippen LogP contribution in [0.5, 0.6) is 0 Å². The molecule has 2 aliphatic rings. The van der Waals surface area contributed by atoms with Gasteiger partial charge in [-0.1, -0.05) is 6.42 Å². The normalized spacial score (nSPS) is 17.9. The highest BCUT2D eigenvalue weighted by Gasteiger charge is 2.31. The monoisotopic (exact) mass is 326 g/mol. The van der Waals surface area contributed by atoms with E-state index in [0.717, 1.165) is 50.9 Å². The predicted molar refractivity (Wildman–Crippen MR) is 86.6 cm³/mol. The lowest BCUT2D eigenvalue weighted by atomic mass is 10.0. The number of nitrogens with zero attached hydrogens (tertiary/aromatic N) is 4. The molecule has 23 heavy (non-hydrogen) atoms. The van der Waals surface area contributed by atoms with Crippen LogP contribution >= 0.6 is 11.3 Å². The number of ketones is 1. The van der Waals surface area contributed by atoms with E-state index in [0.29, 0.717) is 10.7 Å². The highest BCUT2D eigenvalue weighted by molar-refractivity contribution is 7.14. The van der Waals surface area contributed by atoms with Gasteiger partial charge in [0.25, 0.3) is 0 Å². The van der Waals surface area contributed by atoms with Crippen LogP contribution in [-0.4, -0.2) is 20.5 Å². The lowest BCUT2D eigenvalue weighted by Gasteiger charge is -2.10. The number of rotatable bonds is 3. The summed E-state index contributed by atoms with van der Waals surface area (Å²) in [5.41, 5.74) is 1.29. The molecule has 5 nitrogen and oxygen atoms in total. The molecular formula is C17H18N4OS. The van der Waals surface area contributed by atoms with Gasteiger partial charge in [-0.15, -0.1) is 21.5 Å². The fourth-order valence-electron chi connectivity index (χ4n) is 3.55. The summed E-state index contributed by atoms with van der Waals surface area (Å²) in [4.78, 5) is 14.9. The average Bonchev–Trinajstić information content (AvgIpc) is 3.20. The largest absolute Gasteiger partial charge is 0.313 e. The third-order valence-electron chi connectivity index (χ3n) is 4.78. The number of fused-ring (bicyclic) bond motifs is 2. The van der Waals surface area contributed by atoms with Gasteiger partial charge in [0.2, 0.25) is 0 Å². The Bertz CT molecular complexity index is 777. The van der Waals surface area contributed by atoms with Crippen LogP contribution in [0.3, 0.4) is 0 Å². The SMILES string of the molecule is N#CC(C(=O)c1cc2c(s1)CCC2)c1nnc2n1CCCCC2. The quantitative estimate of drug-likeness (QED) is 0.813. The topological polar surface area (TPSA) is 71.6 Å². The zero-order valence-corrected chi connectivity index (χ0v) is 13.7. The standard InChI is InChI=1S/C17H18N4OS/c18-10-12(16(22)14-9-11-5-4-6-13(11)23-14)17-20-19-15-7-2-1-3-8-21(15)17/h9,12H,1-8H2. The van der Waals surface area contributed by atoms with Gasteiger partial charge < -0.3 is 4.57 Å². The summed E-state index contributed by atoms with van der Waals surface area (Å²) in [5.74, 6) is 0.488. The molecule has 6 heteroatoms. The second kappa shape index (κ2) is 5.89. The molecule has 0 fully saturated rings. The smallest absolute Gasteiger partial charge is 0.197 e. The Morgan fingerprint density at radius 1 is 1.22 bits per heavy atom. The minimum atomic E-state index is -0.840. The van der Waals surface area contributed by atoms with Crippen LogP contribution < -0.4 is 0 Å². The summed E-state index contributed by atoms with van der Waals surface area (Å²) in [6, 6.07) is 4.16. The van der Waals surface area contributed by atoms with Crippen molar-refractivity contribution in [2.45, 2.75) is 57.4 Å². The van der Waals surface area contributed by atoms with Gasteiger partial charge in [0.1, 0.15) is 5.82 Å². The Hall–Kier alpha value is -2.00. The molecule has 0 bridgehead atoms. The van der Waals surface area contributed by atoms with Crippen molar-refractivity contribution in [3.63, 3.8) is 0 Å². The number of thiophene rings is 1. The summed E-state index contributed by atoms with van der Waals surface area (Å²) in [6.45, 7) is 0.810. The van der Waals surface area contributed by atoms with E-state index in [2.05, 4.69) is 16.3 Å². The van der Waals surface area contributed by atoms with Gasteiger partial charge in [-0.3, -0.25) is 4.79 Å². The molecule has 0 saturated heterocycles. The van der Waals surface area contributed by atoms with Crippen molar-refractivity contribution in [3.05, 3.63) is 33.0 Å². The molecule has 0 aromatic carbocycles. The molecule has 0 saturated carbocycles. The zero-order chi connectivity index (χ0) is 15.8. The van der Waals surface area contributed by atoms with Gasteiger partial charge >= 0.3 is 0 Å². The Balaban J connectivity index is 1.67. The van der Waals surface area contributed by atoms with Crippen LogP contribution in [-0.2, 0) is 25.8 Å². The Morgan fingerprint density at radius 2 is 2.13 bits per heavy atom. The van der Waals surface area contributed by atoms with Gasteiger partial charge in [0, 0.05) is 17.8 Å². The van der Waals surface area contributed by atoms with E-state index in [9.17, 15) is 10.1 Å². The fourth-order valence-corrected chi connectivity index (χ4v) is 4.77. The first kappa shape index (κ1) is 14.6. The van der Waals surface area contributed by atoms with Crippen LogP contribution in [0, 0.1) is 11.3 Å². The van der Waals surface area contributed by atoms with Crippen molar-refractivity contribution in [1.29, 1.82) is 5.26 Å². The van der Waals surface area contributed by atoms with Crippen molar-refractivity contribution >= 4 is 17.1 Å².